The molecule has 11 rings (SSSR count). The lowest BCUT2D eigenvalue weighted by atomic mass is 9.77. The third-order valence-corrected chi connectivity index (χ3v) is 16.7. The summed E-state index contributed by atoms with van der Waals surface area (Å²) in [6.45, 7) is 36.4. The van der Waals surface area contributed by atoms with Gasteiger partial charge in [0.1, 0.15) is 35.6 Å². The number of halogens is 2. The van der Waals surface area contributed by atoms with E-state index >= 15 is 8.78 Å². The fourth-order valence-electron chi connectivity index (χ4n) is 12.0. The molecule has 0 spiro atoms. The molecule has 5 nitrogen and oxygen atoms in total. The zero-order valence-electron chi connectivity index (χ0n) is 51.5. The number of hydrogen-bond acceptors (Lipinski definition) is 4. The summed E-state index contributed by atoms with van der Waals surface area (Å²) in [4.78, 5) is 9.71. The molecule has 0 unspecified atom stereocenters. The molecule has 0 amide bonds. The van der Waals surface area contributed by atoms with Gasteiger partial charge in [0.05, 0.1) is 28.1 Å². The van der Waals surface area contributed by atoms with Crippen molar-refractivity contribution >= 4 is 44.6 Å². The maximum Gasteiger partial charge on any atom is 0.137 e. The maximum absolute atomic E-state index is 15.8. The number of nitrogens with zero attached hydrogens (tertiary/aromatic N) is 4. The number of pyridine rings is 1. The van der Waals surface area contributed by atoms with Crippen LogP contribution in [0, 0.1) is 11.6 Å². The van der Waals surface area contributed by atoms with Gasteiger partial charge >= 0.3 is 0 Å². The number of ether oxygens (including phenoxy) is 1. The van der Waals surface area contributed by atoms with Crippen molar-refractivity contribution in [1.29, 1.82) is 0 Å². The van der Waals surface area contributed by atoms with Crippen LogP contribution in [0.1, 0.15) is 156 Å². The SMILES string of the molecule is CC(C)c1cccc(C(C)C)c1-c1cc(Oc2ccc3c4ccccc4n(-c4cc(C(C)(C)C)ccn4)c3c2)cc(N2CN(c3c(-c4cc(F)cc(F)c4)cc(C(C)(C)C)cc3-c3cc(C(C)(C)C)cc(C(C)(C)C)c3)c3ccccc32)c1. The lowest BCUT2D eigenvalue weighted by Crippen LogP contribution is -2.25. The van der Waals surface area contributed by atoms with Crippen molar-refractivity contribution in [2.75, 3.05) is 16.5 Å². The van der Waals surface area contributed by atoms with Crippen molar-refractivity contribution in [1.82, 2.24) is 9.55 Å². The van der Waals surface area contributed by atoms with Crippen LogP contribution in [0.25, 0.3) is 61.0 Å². The number of fused-ring (bicyclic) bond motifs is 4. The Bertz CT molecular complexity index is 4060. The minimum atomic E-state index is -0.624. The van der Waals surface area contributed by atoms with Gasteiger partial charge in [-0.15, -0.1) is 0 Å². The van der Waals surface area contributed by atoms with Crippen LogP contribution in [0.3, 0.4) is 0 Å². The average molecular weight is 1100 g/mol. The van der Waals surface area contributed by atoms with Crippen LogP contribution < -0.4 is 14.5 Å². The predicted molar refractivity (Wildman–Crippen MR) is 346 cm³/mol. The van der Waals surface area contributed by atoms with Gasteiger partial charge in [0.2, 0.25) is 0 Å². The van der Waals surface area contributed by atoms with Gasteiger partial charge in [0.15, 0.2) is 0 Å². The molecular formula is C76H80F2N4O. The number of benzene rings is 8. The molecule has 0 N–H and O–H groups in total. The Morgan fingerprint density at radius 3 is 1.58 bits per heavy atom. The Balaban J connectivity index is 1.14. The van der Waals surface area contributed by atoms with Gasteiger partial charge in [-0.25, -0.2) is 13.8 Å². The first-order chi connectivity index (χ1) is 39.1. The lowest BCUT2D eigenvalue weighted by molar-refractivity contribution is 0.483. The second kappa shape index (κ2) is 21.0. The van der Waals surface area contributed by atoms with Crippen LogP contribution >= 0.6 is 0 Å². The van der Waals surface area contributed by atoms with Crippen LogP contribution in [0.4, 0.5) is 31.5 Å². The summed E-state index contributed by atoms with van der Waals surface area (Å²) in [7, 11) is 0. The standard InChI is InChI=1S/C76H80F2N4O/c1-46(2)60-23-21-24-61(47(3)4)71(60)50-36-57(43-59(37-50)83-58-28-29-63-62-22-17-18-25-66(62)82(69(63)44-58)70-41-51(30-31-79-70)73(5,6)7)80-45-81(68-27-20-19-26-67(68)80)72-64(48-32-52(74(8,9)10)38-53(33-48)75(11,12)13)39-54(76(14,15)16)40-65(72)49-34-55(77)42-56(78)35-49/h17-44,46-47H,45H2,1-16H3. The third-order valence-electron chi connectivity index (χ3n) is 16.7. The van der Waals surface area contributed by atoms with Gasteiger partial charge in [-0.2, -0.15) is 0 Å². The van der Waals surface area contributed by atoms with E-state index in [1.54, 1.807) is 0 Å². The van der Waals surface area contributed by atoms with E-state index in [4.69, 9.17) is 9.72 Å². The Labute approximate surface area is 491 Å². The normalized spacial score (nSPS) is 13.3. The van der Waals surface area contributed by atoms with Crippen LogP contribution in [0.5, 0.6) is 11.5 Å². The van der Waals surface area contributed by atoms with E-state index in [1.165, 1.54) is 45.5 Å². The van der Waals surface area contributed by atoms with Crippen LogP contribution in [-0.2, 0) is 21.7 Å². The highest BCUT2D eigenvalue weighted by molar-refractivity contribution is 6.09. The highest BCUT2D eigenvalue weighted by Crippen LogP contribution is 2.53. The molecule has 1 aliphatic rings. The van der Waals surface area contributed by atoms with Crippen molar-refractivity contribution < 1.29 is 13.5 Å². The van der Waals surface area contributed by atoms with Crippen LogP contribution in [0.2, 0.25) is 0 Å². The molecule has 3 heterocycles. The van der Waals surface area contributed by atoms with Crippen molar-refractivity contribution in [2.45, 2.75) is 144 Å². The second-order valence-corrected chi connectivity index (χ2v) is 27.7. The van der Waals surface area contributed by atoms with Gasteiger partial charge in [-0.05, 0) is 168 Å². The van der Waals surface area contributed by atoms with E-state index in [-0.39, 0.29) is 33.5 Å². The number of para-hydroxylation sites is 3. The molecule has 0 bridgehead atoms. The summed E-state index contributed by atoms with van der Waals surface area (Å²) < 4.78 is 41.1. The van der Waals surface area contributed by atoms with E-state index in [0.29, 0.717) is 23.7 Å². The first-order valence-electron chi connectivity index (χ1n) is 29.5. The summed E-state index contributed by atoms with van der Waals surface area (Å²) in [5, 5.41) is 2.25. The van der Waals surface area contributed by atoms with E-state index in [0.717, 1.165) is 84.3 Å². The first kappa shape index (κ1) is 56.8. The number of rotatable bonds is 10. The maximum atomic E-state index is 15.8. The van der Waals surface area contributed by atoms with Gasteiger partial charge < -0.3 is 14.5 Å². The Morgan fingerprint density at radius 1 is 0.446 bits per heavy atom. The minimum Gasteiger partial charge on any atom is -0.457 e. The van der Waals surface area contributed by atoms with Crippen LogP contribution in [-0.4, -0.2) is 16.2 Å². The summed E-state index contributed by atoms with van der Waals surface area (Å²) in [6, 6.07) is 56.6. The highest BCUT2D eigenvalue weighted by Gasteiger charge is 2.35. The van der Waals surface area contributed by atoms with E-state index < -0.39 is 11.6 Å². The zero-order valence-corrected chi connectivity index (χ0v) is 51.5. The third kappa shape index (κ3) is 11.0. The molecular weight excluding hydrogens is 1020 g/mol. The summed E-state index contributed by atoms with van der Waals surface area (Å²) in [5.74, 6) is 1.48. The molecule has 0 aliphatic carbocycles. The number of anilines is 4. The van der Waals surface area contributed by atoms with Crippen molar-refractivity contribution in [3.05, 3.63) is 215 Å². The van der Waals surface area contributed by atoms with E-state index in [1.807, 2.05) is 6.20 Å². The number of aromatic nitrogens is 2. The quantitative estimate of drug-likeness (QED) is 0.137. The minimum absolute atomic E-state index is 0.0691. The molecule has 0 saturated carbocycles. The number of hydrogen-bond donors (Lipinski definition) is 0. The smallest absolute Gasteiger partial charge is 0.137 e. The Morgan fingerprint density at radius 2 is 0.988 bits per heavy atom. The van der Waals surface area contributed by atoms with Crippen LogP contribution in [0.15, 0.2) is 170 Å². The molecule has 0 radical (unpaired) electrons. The van der Waals surface area contributed by atoms with Crippen molar-refractivity contribution in [3.8, 4) is 50.7 Å². The molecule has 1 aliphatic heterocycles. The second-order valence-electron chi connectivity index (χ2n) is 27.7. The molecule has 10 aromatic rings. The molecule has 0 atom stereocenters. The lowest BCUT2D eigenvalue weighted by Gasteiger charge is -2.32. The summed E-state index contributed by atoms with van der Waals surface area (Å²) >= 11 is 0. The predicted octanol–water partition coefficient (Wildman–Crippen LogP) is 21.9. The molecule has 8 aromatic carbocycles. The Hall–Kier alpha value is -8.03. The zero-order chi connectivity index (χ0) is 59.2. The molecule has 7 heteroatoms. The summed E-state index contributed by atoms with van der Waals surface area (Å²) in [6.07, 6.45) is 1.92. The van der Waals surface area contributed by atoms with Gasteiger partial charge in [-0.1, -0.05) is 178 Å². The molecule has 424 valence electrons. The van der Waals surface area contributed by atoms with E-state index in [2.05, 4.69) is 271 Å². The van der Waals surface area contributed by atoms with E-state index in [9.17, 15) is 0 Å². The Kier molecular flexibility index (Phi) is 14.4. The fourth-order valence-corrected chi connectivity index (χ4v) is 12.0. The monoisotopic (exact) mass is 1100 g/mol. The molecule has 2 aromatic heterocycles. The van der Waals surface area contributed by atoms with Gasteiger partial charge in [0, 0.05) is 52.0 Å². The molecule has 0 saturated heterocycles. The van der Waals surface area contributed by atoms with Crippen molar-refractivity contribution in [2.24, 2.45) is 0 Å². The molecule has 83 heavy (non-hydrogen) atoms. The van der Waals surface area contributed by atoms with Gasteiger partial charge in [-0.3, -0.25) is 4.57 Å². The van der Waals surface area contributed by atoms with Crippen molar-refractivity contribution in [3.63, 3.8) is 0 Å². The van der Waals surface area contributed by atoms with Gasteiger partial charge in [0.25, 0.3) is 0 Å². The summed E-state index contributed by atoms with van der Waals surface area (Å²) in [5.41, 5.74) is 17.9. The average Bonchev–Trinajstić information content (AvgIpc) is 2.72. The highest BCUT2D eigenvalue weighted by atomic mass is 19.1. The molecule has 0 fully saturated rings. The topological polar surface area (TPSA) is 33.5 Å². The fraction of sp³-hybridized carbons (Fsp3) is 0.303. The first-order valence-corrected chi connectivity index (χ1v) is 29.5. The largest absolute Gasteiger partial charge is 0.457 e.